The summed E-state index contributed by atoms with van der Waals surface area (Å²) in [7, 11) is 0. The van der Waals surface area contributed by atoms with Crippen molar-refractivity contribution in [2.75, 3.05) is 6.61 Å². The zero-order chi connectivity index (χ0) is 10.5. The highest BCUT2D eigenvalue weighted by atomic mass is 16.3. The maximum Gasteiger partial charge on any atom is 0.145 e. The van der Waals surface area contributed by atoms with Gasteiger partial charge in [-0.05, 0) is 20.3 Å². The number of ketones is 2. The molecule has 0 heterocycles. The Kier molecular flexibility index (Phi) is 4.85. The Bertz CT molecular complexity index is 182. The lowest BCUT2D eigenvalue weighted by molar-refractivity contribution is -0.141. The number of hydrogen-bond donors (Lipinski definition) is 1. The molecule has 0 radical (unpaired) electrons. The van der Waals surface area contributed by atoms with E-state index in [1.807, 2.05) is 6.92 Å². The molecule has 0 bridgehead atoms. The largest absolute Gasteiger partial charge is 0.395 e. The number of rotatable bonds is 6. The molecule has 0 saturated carbocycles. The predicted octanol–water partition coefficient (Wildman–Crippen LogP) is 1.33. The van der Waals surface area contributed by atoms with Gasteiger partial charge in [-0.15, -0.1) is 0 Å². The Labute approximate surface area is 79.1 Å². The van der Waals surface area contributed by atoms with E-state index in [-0.39, 0.29) is 18.2 Å². The molecule has 0 aliphatic heterocycles. The summed E-state index contributed by atoms with van der Waals surface area (Å²) >= 11 is 0. The van der Waals surface area contributed by atoms with Crippen LogP contribution in [0.4, 0.5) is 0 Å². The molecule has 0 atom stereocenters. The van der Waals surface area contributed by atoms with Gasteiger partial charge in [0.05, 0.1) is 6.61 Å². The second-order valence-electron chi connectivity index (χ2n) is 3.46. The number of unbranched alkanes of at least 4 members (excludes halogenated alkanes) is 1. The van der Waals surface area contributed by atoms with E-state index in [9.17, 15) is 9.59 Å². The van der Waals surface area contributed by atoms with Gasteiger partial charge in [0.25, 0.3) is 0 Å². The minimum Gasteiger partial charge on any atom is -0.395 e. The van der Waals surface area contributed by atoms with Gasteiger partial charge in [-0.25, -0.2) is 0 Å². The van der Waals surface area contributed by atoms with Crippen LogP contribution in [0.2, 0.25) is 0 Å². The summed E-state index contributed by atoms with van der Waals surface area (Å²) in [5.41, 5.74) is -1.13. The molecule has 3 heteroatoms. The quantitative estimate of drug-likeness (QED) is 0.637. The maximum atomic E-state index is 11.3. The fourth-order valence-electron chi connectivity index (χ4n) is 1.38. The Morgan fingerprint density at radius 3 is 1.92 bits per heavy atom. The average Bonchev–Trinajstić information content (AvgIpc) is 2.05. The van der Waals surface area contributed by atoms with Crippen LogP contribution >= 0.6 is 0 Å². The minimum atomic E-state index is -1.13. The van der Waals surface area contributed by atoms with Crippen molar-refractivity contribution in [1.29, 1.82) is 0 Å². The van der Waals surface area contributed by atoms with Crippen LogP contribution < -0.4 is 0 Å². The van der Waals surface area contributed by atoms with Crippen LogP contribution in [0.15, 0.2) is 0 Å². The molecule has 0 fully saturated rings. The first kappa shape index (κ1) is 12.3. The number of carbonyl (C=O) groups excluding carboxylic acids is 2. The number of aliphatic hydroxyl groups is 1. The third-order valence-corrected chi connectivity index (χ3v) is 2.57. The van der Waals surface area contributed by atoms with Gasteiger partial charge < -0.3 is 5.11 Å². The summed E-state index contributed by atoms with van der Waals surface area (Å²) in [6.07, 6.45) is 2.17. The predicted molar refractivity (Wildman–Crippen MR) is 50.4 cm³/mol. The van der Waals surface area contributed by atoms with Crippen LogP contribution in [0.1, 0.15) is 40.0 Å². The van der Waals surface area contributed by atoms with Crippen LogP contribution in [0.3, 0.4) is 0 Å². The molecular formula is C10H18O3. The Morgan fingerprint density at radius 1 is 1.23 bits per heavy atom. The summed E-state index contributed by atoms with van der Waals surface area (Å²) in [4.78, 5) is 22.5. The lowest BCUT2D eigenvalue weighted by Crippen LogP contribution is -2.40. The molecule has 0 aliphatic rings. The first-order chi connectivity index (χ1) is 6.01. The van der Waals surface area contributed by atoms with Crippen LogP contribution in [0.25, 0.3) is 0 Å². The molecule has 3 nitrogen and oxygen atoms in total. The van der Waals surface area contributed by atoms with Crippen LogP contribution in [-0.2, 0) is 9.59 Å². The first-order valence-electron chi connectivity index (χ1n) is 4.64. The first-order valence-corrected chi connectivity index (χ1v) is 4.64. The summed E-state index contributed by atoms with van der Waals surface area (Å²) in [6, 6.07) is 0. The van der Waals surface area contributed by atoms with Gasteiger partial charge in [0, 0.05) is 0 Å². The molecule has 0 saturated heterocycles. The van der Waals surface area contributed by atoms with Gasteiger partial charge in [-0.3, -0.25) is 9.59 Å². The number of carbonyl (C=O) groups is 2. The van der Waals surface area contributed by atoms with Crippen molar-refractivity contribution in [3.05, 3.63) is 0 Å². The topological polar surface area (TPSA) is 54.4 Å². The van der Waals surface area contributed by atoms with E-state index in [1.54, 1.807) is 0 Å². The highest BCUT2D eigenvalue weighted by Crippen LogP contribution is 2.26. The SMILES string of the molecule is CCCCC(CO)(C(C)=O)C(C)=O. The van der Waals surface area contributed by atoms with E-state index < -0.39 is 5.41 Å². The van der Waals surface area contributed by atoms with E-state index in [2.05, 4.69) is 0 Å². The highest BCUT2D eigenvalue weighted by molar-refractivity contribution is 6.05. The summed E-state index contributed by atoms with van der Waals surface area (Å²) < 4.78 is 0. The Hall–Kier alpha value is -0.700. The van der Waals surface area contributed by atoms with Crippen LogP contribution in [-0.4, -0.2) is 23.3 Å². The normalized spacial score (nSPS) is 11.4. The third kappa shape index (κ3) is 2.62. The van der Waals surface area contributed by atoms with Gasteiger partial charge in [-0.1, -0.05) is 19.8 Å². The summed E-state index contributed by atoms with van der Waals surface area (Å²) in [6.45, 7) is 4.36. The molecular weight excluding hydrogens is 168 g/mol. The van der Waals surface area contributed by atoms with Crippen molar-refractivity contribution >= 4 is 11.6 Å². The second kappa shape index (κ2) is 5.12. The number of Topliss-reactive ketones (excluding diaryl/α,β-unsaturated/α-hetero) is 2. The molecule has 1 N–H and O–H groups in total. The average molecular weight is 186 g/mol. The molecule has 0 unspecified atom stereocenters. The highest BCUT2D eigenvalue weighted by Gasteiger charge is 2.38. The zero-order valence-corrected chi connectivity index (χ0v) is 8.59. The van der Waals surface area contributed by atoms with Gasteiger partial charge >= 0.3 is 0 Å². The number of hydrogen-bond acceptors (Lipinski definition) is 3. The van der Waals surface area contributed by atoms with E-state index in [0.717, 1.165) is 12.8 Å². The van der Waals surface area contributed by atoms with Crippen LogP contribution in [0.5, 0.6) is 0 Å². The standard InChI is InChI=1S/C10H18O3/c1-4-5-6-10(7-11,8(2)12)9(3)13/h11H,4-7H2,1-3H3. The van der Waals surface area contributed by atoms with E-state index in [0.29, 0.717) is 6.42 Å². The van der Waals surface area contributed by atoms with Gasteiger partial charge in [0.2, 0.25) is 0 Å². The maximum absolute atomic E-state index is 11.3. The summed E-state index contributed by atoms with van der Waals surface area (Å²) in [5, 5.41) is 9.10. The molecule has 0 amide bonds. The van der Waals surface area contributed by atoms with E-state index >= 15 is 0 Å². The summed E-state index contributed by atoms with van der Waals surface area (Å²) in [5.74, 6) is -0.452. The molecule has 0 spiro atoms. The molecule has 0 aromatic rings. The lowest BCUT2D eigenvalue weighted by Gasteiger charge is -2.25. The van der Waals surface area contributed by atoms with Gasteiger partial charge in [0.15, 0.2) is 0 Å². The van der Waals surface area contributed by atoms with Gasteiger partial charge in [0.1, 0.15) is 17.0 Å². The molecule has 0 aromatic carbocycles. The van der Waals surface area contributed by atoms with Gasteiger partial charge in [-0.2, -0.15) is 0 Å². The minimum absolute atomic E-state index is 0.226. The smallest absolute Gasteiger partial charge is 0.145 e. The fraction of sp³-hybridized carbons (Fsp3) is 0.800. The van der Waals surface area contributed by atoms with Crippen molar-refractivity contribution < 1.29 is 14.7 Å². The zero-order valence-electron chi connectivity index (χ0n) is 8.59. The molecule has 0 aromatic heterocycles. The van der Waals surface area contributed by atoms with Crippen molar-refractivity contribution in [1.82, 2.24) is 0 Å². The van der Waals surface area contributed by atoms with Crippen LogP contribution in [0, 0.1) is 5.41 Å². The van der Waals surface area contributed by atoms with E-state index in [4.69, 9.17) is 5.11 Å². The second-order valence-corrected chi connectivity index (χ2v) is 3.46. The lowest BCUT2D eigenvalue weighted by atomic mass is 9.77. The van der Waals surface area contributed by atoms with Crippen molar-refractivity contribution in [2.24, 2.45) is 5.41 Å². The molecule has 76 valence electrons. The third-order valence-electron chi connectivity index (χ3n) is 2.57. The van der Waals surface area contributed by atoms with E-state index in [1.165, 1.54) is 13.8 Å². The van der Waals surface area contributed by atoms with Crippen molar-refractivity contribution in [3.63, 3.8) is 0 Å². The van der Waals surface area contributed by atoms with Crippen molar-refractivity contribution in [3.8, 4) is 0 Å². The van der Waals surface area contributed by atoms with Crippen molar-refractivity contribution in [2.45, 2.75) is 40.0 Å². The molecule has 13 heavy (non-hydrogen) atoms. The molecule has 0 rings (SSSR count). The Balaban J connectivity index is 4.66. The Morgan fingerprint density at radius 2 is 1.69 bits per heavy atom. The fourth-order valence-corrected chi connectivity index (χ4v) is 1.38. The molecule has 0 aliphatic carbocycles. The number of aliphatic hydroxyl groups excluding tert-OH is 1. The monoisotopic (exact) mass is 186 g/mol.